The molecule has 0 fully saturated rings. The second kappa shape index (κ2) is 11.7. The number of carbonyl (C=O) groups is 2. The van der Waals surface area contributed by atoms with Gasteiger partial charge in [0, 0.05) is 11.4 Å². The molecular weight excluding hydrogens is 523 g/mol. The van der Waals surface area contributed by atoms with Crippen LogP contribution < -0.4 is 10.6 Å². The molecule has 200 valence electrons. The molecule has 3 aromatic rings. The predicted octanol–water partition coefficient (Wildman–Crippen LogP) is 5.18. The average Bonchev–Trinajstić information content (AvgIpc) is 3.44. The molecule has 8 nitrogen and oxygen atoms in total. The summed E-state index contributed by atoms with van der Waals surface area (Å²) >= 11 is 2.74. The SMILES string of the molecule is CCn1c(CNC(=O)c2ccccc2F)nnc1SCC(=O)Nc1sc2c(c1C#N)CC[C@@H](C(C)(C)C)C2. The summed E-state index contributed by atoms with van der Waals surface area (Å²) in [6.45, 7) is 9.27. The second-order valence-electron chi connectivity index (χ2n) is 10.3. The number of anilines is 1. The number of aromatic nitrogens is 3. The second-order valence-corrected chi connectivity index (χ2v) is 12.3. The third-order valence-electron chi connectivity index (χ3n) is 6.82. The van der Waals surface area contributed by atoms with E-state index in [1.54, 1.807) is 10.6 Å². The van der Waals surface area contributed by atoms with Crippen LogP contribution in [0, 0.1) is 28.5 Å². The Kier molecular flexibility index (Phi) is 8.53. The van der Waals surface area contributed by atoms with Gasteiger partial charge in [0.05, 0.1) is 23.4 Å². The van der Waals surface area contributed by atoms with Gasteiger partial charge in [-0.1, -0.05) is 44.7 Å². The molecule has 0 saturated heterocycles. The number of amides is 2. The van der Waals surface area contributed by atoms with Crippen molar-refractivity contribution in [2.45, 2.75) is 65.2 Å². The van der Waals surface area contributed by atoms with Crippen LogP contribution in [0.4, 0.5) is 9.39 Å². The monoisotopic (exact) mass is 554 g/mol. The van der Waals surface area contributed by atoms with E-state index in [-0.39, 0.29) is 29.2 Å². The third-order valence-corrected chi connectivity index (χ3v) is 8.96. The molecule has 2 N–H and O–H groups in total. The maximum Gasteiger partial charge on any atom is 0.254 e. The first kappa shape index (κ1) is 27.8. The molecule has 1 aliphatic rings. The number of thiophene rings is 1. The van der Waals surface area contributed by atoms with Gasteiger partial charge in [0.1, 0.15) is 16.9 Å². The molecule has 2 aromatic heterocycles. The van der Waals surface area contributed by atoms with E-state index in [9.17, 15) is 19.2 Å². The summed E-state index contributed by atoms with van der Waals surface area (Å²) in [5.74, 6) is -0.209. The van der Waals surface area contributed by atoms with Crippen LogP contribution in [0.5, 0.6) is 0 Å². The molecule has 2 heterocycles. The molecule has 4 rings (SSSR count). The molecule has 1 atom stereocenters. The maximum atomic E-state index is 13.9. The van der Waals surface area contributed by atoms with Crippen LogP contribution in [0.1, 0.15) is 66.3 Å². The summed E-state index contributed by atoms with van der Waals surface area (Å²) in [7, 11) is 0. The average molecular weight is 555 g/mol. The zero-order valence-corrected chi connectivity index (χ0v) is 23.6. The Hall–Kier alpha value is -3.23. The third kappa shape index (κ3) is 6.08. The van der Waals surface area contributed by atoms with E-state index < -0.39 is 11.7 Å². The molecule has 0 aliphatic heterocycles. The Labute approximate surface area is 230 Å². The number of halogens is 1. The Morgan fingerprint density at radius 2 is 2.05 bits per heavy atom. The molecule has 0 unspecified atom stereocenters. The summed E-state index contributed by atoms with van der Waals surface area (Å²) < 4.78 is 15.7. The lowest BCUT2D eigenvalue weighted by Gasteiger charge is -2.33. The number of nitrogens with one attached hydrogen (secondary N) is 2. The van der Waals surface area contributed by atoms with Gasteiger partial charge < -0.3 is 15.2 Å². The largest absolute Gasteiger partial charge is 0.345 e. The Morgan fingerprint density at radius 1 is 1.29 bits per heavy atom. The zero-order valence-electron chi connectivity index (χ0n) is 21.9. The number of carbonyl (C=O) groups excluding carboxylic acids is 2. The summed E-state index contributed by atoms with van der Waals surface area (Å²) in [5, 5.41) is 24.9. The fraction of sp³-hybridized carbons (Fsp3) is 0.444. The Bertz CT molecular complexity index is 1390. The highest BCUT2D eigenvalue weighted by atomic mass is 32.2. The van der Waals surface area contributed by atoms with Crippen molar-refractivity contribution in [1.82, 2.24) is 20.1 Å². The van der Waals surface area contributed by atoms with E-state index in [0.29, 0.717) is 34.0 Å². The number of thioether (sulfide) groups is 1. The molecule has 0 radical (unpaired) electrons. The highest BCUT2D eigenvalue weighted by Crippen LogP contribution is 2.44. The zero-order chi connectivity index (χ0) is 27.4. The van der Waals surface area contributed by atoms with Crippen LogP contribution in [0.25, 0.3) is 0 Å². The first-order valence-corrected chi connectivity index (χ1v) is 14.3. The minimum Gasteiger partial charge on any atom is -0.345 e. The van der Waals surface area contributed by atoms with Crippen LogP contribution in [0.15, 0.2) is 29.4 Å². The number of fused-ring (bicyclic) bond motifs is 1. The summed E-state index contributed by atoms with van der Waals surface area (Å²) in [6.07, 6.45) is 2.83. The standard InChI is InChI=1S/C27H31FN6O2S2/c1-5-34-22(14-30-24(36)18-8-6-7-9-20(18)28)32-33-26(34)37-15-23(35)31-25-19(13-29)17-11-10-16(27(2,3)4)12-21(17)38-25/h6-9,16H,5,10-12,14-15H2,1-4H3,(H,30,36)(H,31,35)/t16-/m1/s1. The number of hydrogen-bond donors (Lipinski definition) is 2. The van der Waals surface area contributed by atoms with Crippen molar-refractivity contribution in [3.8, 4) is 6.07 Å². The number of rotatable bonds is 8. The van der Waals surface area contributed by atoms with E-state index in [1.807, 2.05) is 6.92 Å². The first-order chi connectivity index (χ1) is 18.1. The van der Waals surface area contributed by atoms with E-state index in [1.165, 1.54) is 46.2 Å². The van der Waals surface area contributed by atoms with Crippen molar-refractivity contribution in [3.63, 3.8) is 0 Å². The molecule has 0 spiro atoms. The van der Waals surface area contributed by atoms with Gasteiger partial charge >= 0.3 is 0 Å². The minimum atomic E-state index is -0.593. The highest BCUT2D eigenvalue weighted by molar-refractivity contribution is 7.99. The normalized spacial score (nSPS) is 15.0. The van der Waals surface area contributed by atoms with Crippen molar-refractivity contribution >= 4 is 39.9 Å². The van der Waals surface area contributed by atoms with Crippen molar-refractivity contribution in [2.75, 3.05) is 11.1 Å². The summed E-state index contributed by atoms with van der Waals surface area (Å²) in [6, 6.07) is 8.07. The molecule has 2 amide bonds. The Balaban J connectivity index is 1.37. The minimum absolute atomic E-state index is 0.0396. The van der Waals surface area contributed by atoms with Crippen molar-refractivity contribution in [1.29, 1.82) is 5.26 Å². The summed E-state index contributed by atoms with van der Waals surface area (Å²) in [4.78, 5) is 26.4. The number of benzene rings is 1. The van der Waals surface area contributed by atoms with Gasteiger partial charge in [-0.05, 0) is 55.2 Å². The number of hydrogen-bond acceptors (Lipinski definition) is 7. The molecule has 1 aliphatic carbocycles. The fourth-order valence-electron chi connectivity index (χ4n) is 4.60. The molecule has 0 saturated carbocycles. The first-order valence-electron chi connectivity index (χ1n) is 12.5. The molecule has 0 bridgehead atoms. The van der Waals surface area contributed by atoms with Gasteiger partial charge in [0.25, 0.3) is 5.91 Å². The van der Waals surface area contributed by atoms with Crippen LogP contribution in [-0.4, -0.2) is 32.3 Å². The van der Waals surface area contributed by atoms with Crippen LogP contribution >= 0.6 is 23.1 Å². The smallest absolute Gasteiger partial charge is 0.254 e. The van der Waals surface area contributed by atoms with E-state index in [4.69, 9.17) is 0 Å². The maximum absolute atomic E-state index is 13.9. The lowest BCUT2D eigenvalue weighted by atomic mass is 9.72. The lowest BCUT2D eigenvalue weighted by Crippen LogP contribution is -2.26. The van der Waals surface area contributed by atoms with Crippen molar-refractivity contribution in [3.05, 3.63) is 57.5 Å². The van der Waals surface area contributed by atoms with Crippen LogP contribution in [0.2, 0.25) is 0 Å². The van der Waals surface area contributed by atoms with Crippen molar-refractivity contribution < 1.29 is 14.0 Å². The van der Waals surface area contributed by atoms with Crippen molar-refractivity contribution in [2.24, 2.45) is 11.3 Å². The quantitative estimate of drug-likeness (QED) is 0.371. The molecule has 1 aromatic carbocycles. The van der Waals surface area contributed by atoms with Crippen LogP contribution in [0.3, 0.4) is 0 Å². The molecule has 38 heavy (non-hydrogen) atoms. The Morgan fingerprint density at radius 3 is 2.74 bits per heavy atom. The predicted molar refractivity (Wildman–Crippen MR) is 147 cm³/mol. The topological polar surface area (TPSA) is 113 Å². The lowest BCUT2D eigenvalue weighted by molar-refractivity contribution is -0.113. The molecular formula is C27H31FN6O2S2. The van der Waals surface area contributed by atoms with Gasteiger partial charge in [-0.15, -0.1) is 21.5 Å². The highest BCUT2D eigenvalue weighted by Gasteiger charge is 2.32. The van der Waals surface area contributed by atoms with Crippen LogP contribution in [-0.2, 0) is 30.7 Å². The van der Waals surface area contributed by atoms with E-state index in [2.05, 4.69) is 47.7 Å². The van der Waals surface area contributed by atoms with Gasteiger partial charge in [-0.2, -0.15) is 5.26 Å². The van der Waals surface area contributed by atoms with Gasteiger partial charge in [0.15, 0.2) is 11.0 Å². The number of nitrogens with zero attached hydrogens (tertiary/aromatic N) is 4. The van der Waals surface area contributed by atoms with E-state index in [0.717, 1.165) is 24.8 Å². The van der Waals surface area contributed by atoms with Gasteiger partial charge in [0.2, 0.25) is 5.91 Å². The summed E-state index contributed by atoms with van der Waals surface area (Å²) in [5.41, 5.74) is 1.82. The van der Waals surface area contributed by atoms with E-state index >= 15 is 0 Å². The van der Waals surface area contributed by atoms with Gasteiger partial charge in [-0.3, -0.25) is 9.59 Å². The number of nitriles is 1. The van der Waals surface area contributed by atoms with Gasteiger partial charge in [-0.25, -0.2) is 4.39 Å². The molecule has 11 heteroatoms. The fourth-order valence-corrected chi connectivity index (χ4v) is 6.71.